The van der Waals surface area contributed by atoms with E-state index >= 15 is 0 Å². The maximum absolute atomic E-state index is 13.1. The highest BCUT2D eigenvalue weighted by atomic mass is 19.4. The van der Waals surface area contributed by atoms with E-state index in [2.05, 4.69) is 4.90 Å². The highest BCUT2D eigenvalue weighted by Gasteiger charge is 2.46. The van der Waals surface area contributed by atoms with Gasteiger partial charge in [0.2, 0.25) is 0 Å². The second-order valence-corrected chi connectivity index (χ2v) is 7.63. The maximum Gasteiger partial charge on any atom is 0.416 e. The SMILES string of the molecule is CC(C)OCCCC(N(C)C)C1(c2cccc(C(F)(F)F)c2)CCC1. The Hall–Kier alpha value is -1.07. The molecule has 0 bridgehead atoms. The number of hydrogen-bond donors (Lipinski definition) is 0. The van der Waals surface area contributed by atoms with Crippen molar-refractivity contribution in [2.45, 2.75) is 69.7 Å². The number of hydrogen-bond acceptors (Lipinski definition) is 2. The monoisotopic (exact) mass is 357 g/mol. The van der Waals surface area contributed by atoms with Gasteiger partial charge >= 0.3 is 6.18 Å². The van der Waals surface area contributed by atoms with E-state index in [0.29, 0.717) is 6.61 Å². The minimum atomic E-state index is -4.29. The van der Waals surface area contributed by atoms with Crippen LogP contribution in [0.25, 0.3) is 0 Å². The Balaban J connectivity index is 2.21. The summed E-state index contributed by atoms with van der Waals surface area (Å²) in [6.45, 7) is 4.72. The molecule has 1 unspecified atom stereocenters. The molecule has 0 aromatic heterocycles. The van der Waals surface area contributed by atoms with Crippen LogP contribution < -0.4 is 0 Å². The van der Waals surface area contributed by atoms with E-state index in [9.17, 15) is 13.2 Å². The van der Waals surface area contributed by atoms with Gasteiger partial charge in [0.25, 0.3) is 0 Å². The number of rotatable bonds is 8. The first-order valence-corrected chi connectivity index (χ1v) is 9.12. The van der Waals surface area contributed by atoms with Crippen molar-refractivity contribution in [1.29, 1.82) is 0 Å². The minimum absolute atomic E-state index is 0.178. The Morgan fingerprint density at radius 1 is 1.20 bits per heavy atom. The van der Waals surface area contributed by atoms with Gasteiger partial charge in [0.1, 0.15) is 0 Å². The lowest BCUT2D eigenvalue weighted by Gasteiger charge is -2.51. The zero-order chi connectivity index (χ0) is 18.7. The van der Waals surface area contributed by atoms with Gasteiger partial charge in [-0.25, -0.2) is 0 Å². The molecule has 5 heteroatoms. The fraction of sp³-hybridized carbons (Fsp3) is 0.700. The van der Waals surface area contributed by atoms with E-state index in [-0.39, 0.29) is 17.6 Å². The van der Waals surface area contributed by atoms with Crippen LogP contribution in [0, 0.1) is 0 Å². The molecule has 0 amide bonds. The van der Waals surface area contributed by atoms with Crippen LogP contribution in [0.5, 0.6) is 0 Å². The smallest absolute Gasteiger partial charge is 0.379 e. The summed E-state index contributed by atoms with van der Waals surface area (Å²) in [7, 11) is 4.06. The Bertz CT molecular complexity index is 550. The van der Waals surface area contributed by atoms with E-state index in [1.165, 1.54) is 6.07 Å². The van der Waals surface area contributed by atoms with Crippen LogP contribution in [0.4, 0.5) is 13.2 Å². The lowest BCUT2D eigenvalue weighted by Crippen LogP contribution is -2.52. The van der Waals surface area contributed by atoms with Crippen LogP contribution >= 0.6 is 0 Å². The van der Waals surface area contributed by atoms with Crippen molar-refractivity contribution in [3.63, 3.8) is 0 Å². The van der Waals surface area contributed by atoms with E-state index < -0.39 is 11.7 Å². The minimum Gasteiger partial charge on any atom is -0.379 e. The van der Waals surface area contributed by atoms with Crippen LogP contribution in [0.3, 0.4) is 0 Å². The van der Waals surface area contributed by atoms with Crippen molar-refractivity contribution in [2.24, 2.45) is 0 Å². The summed E-state index contributed by atoms with van der Waals surface area (Å²) in [5.41, 5.74) is 0.108. The molecule has 2 nitrogen and oxygen atoms in total. The van der Waals surface area contributed by atoms with Crippen LogP contribution in [-0.4, -0.2) is 37.7 Å². The average molecular weight is 357 g/mol. The van der Waals surface area contributed by atoms with Crippen LogP contribution in [0.1, 0.15) is 57.1 Å². The number of ether oxygens (including phenoxy) is 1. The number of likely N-dealkylation sites (N-methyl/N-ethyl adjacent to an activating group) is 1. The fourth-order valence-electron chi connectivity index (χ4n) is 4.00. The molecule has 142 valence electrons. The quantitative estimate of drug-likeness (QED) is 0.588. The Labute approximate surface area is 149 Å². The van der Waals surface area contributed by atoms with Crippen molar-refractivity contribution < 1.29 is 17.9 Å². The van der Waals surface area contributed by atoms with Crippen LogP contribution in [0.2, 0.25) is 0 Å². The number of halogens is 3. The van der Waals surface area contributed by atoms with Gasteiger partial charge in [-0.05, 0) is 65.3 Å². The highest BCUT2D eigenvalue weighted by molar-refractivity contribution is 5.35. The molecular weight excluding hydrogens is 327 g/mol. The zero-order valence-electron chi connectivity index (χ0n) is 15.7. The molecular formula is C20H30F3NO. The third-order valence-electron chi connectivity index (χ3n) is 5.34. The zero-order valence-corrected chi connectivity index (χ0v) is 15.7. The van der Waals surface area contributed by atoms with E-state index in [1.54, 1.807) is 6.07 Å². The molecule has 0 saturated heterocycles. The molecule has 1 fully saturated rings. The van der Waals surface area contributed by atoms with E-state index in [4.69, 9.17) is 4.74 Å². The molecule has 1 aromatic rings. The third-order valence-corrected chi connectivity index (χ3v) is 5.34. The lowest BCUT2D eigenvalue weighted by molar-refractivity contribution is -0.137. The van der Waals surface area contributed by atoms with Gasteiger partial charge in [-0.2, -0.15) is 13.2 Å². The van der Waals surface area contributed by atoms with Gasteiger partial charge in [0, 0.05) is 18.1 Å². The number of alkyl halides is 3. The first kappa shape index (κ1) is 20.2. The van der Waals surface area contributed by atoms with E-state index in [1.807, 2.05) is 34.0 Å². The average Bonchev–Trinajstić information content (AvgIpc) is 2.47. The summed E-state index contributed by atoms with van der Waals surface area (Å²) < 4.78 is 45.0. The summed E-state index contributed by atoms with van der Waals surface area (Å²) >= 11 is 0. The molecule has 2 rings (SSSR count). The summed E-state index contributed by atoms with van der Waals surface area (Å²) in [6.07, 6.45) is 0.726. The van der Waals surface area contributed by atoms with Gasteiger partial charge < -0.3 is 9.64 Å². The van der Waals surface area contributed by atoms with Gasteiger partial charge in [0.05, 0.1) is 11.7 Å². The molecule has 0 radical (unpaired) electrons. The second-order valence-electron chi connectivity index (χ2n) is 7.63. The highest BCUT2D eigenvalue weighted by Crippen LogP contribution is 2.49. The summed E-state index contributed by atoms with van der Waals surface area (Å²) in [5, 5.41) is 0. The third kappa shape index (κ3) is 4.76. The lowest BCUT2D eigenvalue weighted by atomic mass is 9.59. The molecule has 1 atom stereocenters. The first-order chi connectivity index (χ1) is 11.7. The van der Waals surface area contributed by atoms with Crippen LogP contribution in [-0.2, 0) is 16.3 Å². The van der Waals surface area contributed by atoms with Gasteiger partial charge in [-0.1, -0.05) is 24.6 Å². The maximum atomic E-state index is 13.1. The number of benzene rings is 1. The molecule has 0 aliphatic heterocycles. The predicted molar refractivity (Wildman–Crippen MR) is 94.8 cm³/mol. The standard InChI is InChI=1S/C20H30F3NO/c1-15(2)25-13-6-10-18(24(3)4)19(11-7-12-19)16-8-5-9-17(14-16)20(21,22)23/h5,8-9,14-15,18H,6-7,10-13H2,1-4H3. The Morgan fingerprint density at radius 3 is 2.36 bits per heavy atom. The van der Waals surface area contributed by atoms with Gasteiger partial charge in [-0.3, -0.25) is 0 Å². The predicted octanol–water partition coefficient (Wildman–Crippen LogP) is 5.26. The largest absolute Gasteiger partial charge is 0.416 e. The molecule has 0 heterocycles. The van der Waals surface area contributed by atoms with Gasteiger partial charge in [0.15, 0.2) is 0 Å². The van der Waals surface area contributed by atoms with Crippen molar-refractivity contribution in [3.8, 4) is 0 Å². The van der Waals surface area contributed by atoms with E-state index in [0.717, 1.165) is 43.7 Å². The summed E-state index contributed by atoms with van der Waals surface area (Å²) in [4.78, 5) is 2.18. The fourth-order valence-corrected chi connectivity index (χ4v) is 4.00. The van der Waals surface area contributed by atoms with Crippen molar-refractivity contribution in [1.82, 2.24) is 4.90 Å². The topological polar surface area (TPSA) is 12.5 Å². The van der Waals surface area contributed by atoms with Crippen LogP contribution in [0.15, 0.2) is 24.3 Å². The molecule has 1 aliphatic rings. The van der Waals surface area contributed by atoms with Gasteiger partial charge in [-0.15, -0.1) is 0 Å². The molecule has 1 aromatic carbocycles. The molecule has 0 spiro atoms. The summed E-state index contributed by atoms with van der Waals surface area (Å²) in [5.74, 6) is 0. The summed E-state index contributed by atoms with van der Waals surface area (Å²) in [6, 6.07) is 6.17. The molecule has 1 aliphatic carbocycles. The first-order valence-electron chi connectivity index (χ1n) is 9.12. The van der Waals surface area contributed by atoms with Crippen molar-refractivity contribution >= 4 is 0 Å². The molecule has 25 heavy (non-hydrogen) atoms. The Kier molecular flexibility index (Phi) is 6.55. The Morgan fingerprint density at radius 2 is 1.88 bits per heavy atom. The second kappa shape index (κ2) is 8.09. The van der Waals surface area contributed by atoms with Crippen molar-refractivity contribution in [2.75, 3.05) is 20.7 Å². The number of nitrogens with zero attached hydrogens (tertiary/aromatic N) is 1. The van der Waals surface area contributed by atoms with Crippen molar-refractivity contribution in [3.05, 3.63) is 35.4 Å². The normalized spacial score (nSPS) is 18.4. The molecule has 0 N–H and O–H groups in total. The molecule has 1 saturated carbocycles.